The lowest BCUT2D eigenvalue weighted by Gasteiger charge is -2.34. The Morgan fingerprint density at radius 1 is 1.25 bits per heavy atom. The number of halogens is 1. The average Bonchev–Trinajstić information content (AvgIpc) is 2.55. The summed E-state index contributed by atoms with van der Waals surface area (Å²) in [6, 6.07) is 2.81. The van der Waals surface area contributed by atoms with E-state index in [2.05, 4.69) is 5.32 Å². The quantitative estimate of drug-likeness (QED) is 0.866. The third kappa shape index (κ3) is 4.03. The van der Waals surface area contributed by atoms with Gasteiger partial charge in [-0.2, -0.15) is 0 Å². The number of hydrogen-bond donors (Lipinski definition) is 2. The van der Waals surface area contributed by atoms with E-state index >= 15 is 0 Å². The number of benzene rings is 1. The molecule has 0 aliphatic carbocycles. The number of carboxylic acid groups (broad SMARTS) is 1. The van der Waals surface area contributed by atoms with Gasteiger partial charge in [-0.05, 0) is 12.3 Å². The van der Waals surface area contributed by atoms with Gasteiger partial charge in [-0.25, -0.2) is 4.79 Å². The zero-order valence-corrected chi connectivity index (χ0v) is 14.6. The highest BCUT2D eigenvalue weighted by molar-refractivity contribution is 6.33. The van der Waals surface area contributed by atoms with E-state index in [9.17, 15) is 14.7 Å². The number of anilines is 1. The zero-order chi connectivity index (χ0) is 17.9. The number of carbonyl (C=O) groups excluding carboxylic acids is 1. The second-order valence-electron chi connectivity index (χ2n) is 5.91. The maximum Gasteiger partial charge on any atom is 0.321 e. The highest BCUT2D eigenvalue weighted by Gasteiger charge is 2.32. The van der Waals surface area contributed by atoms with Crippen molar-refractivity contribution in [2.45, 2.75) is 13.3 Å². The minimum atomic E-state index is -0.880. The van der Waals surface area contributed by atoms with Gasteiger partial charge in [0.25, 0.3) is 0 Å². The Labute approximate surface area is 145 Å². The monoisotopic (exact) mass is 356 g/mol. The molecule has 1 saturated heterocycles. The largest absolute Gasteiger partial charge is 0.495 e. The lowest BCUT2D eigenvalue weighted by molar-refractivity contribution is -0.143. The van der Waals surface area contributed by atoms with Crippen LogP contribution < -0.4 is 14.8 Å². The van der Waals surface area contributed by atoms with Crippen LogP contribution in [0.2, 0.25) is 5.02 Å². The van der Waals surface area contributed by atoms with E-state index in [0.29, 0.717) is 35.2 Å². The summed E-state index contributed by atoms with van der Waals surface area (Å²) < 4.78 is 10.3. The Morgan fingerprint density at radius 2 is 1.83 bits per heavy atom. The molecule has 7 nitrogen and oxygen atoms in total. The molecule has 1 aromatic rings. The van der Waals surface area contributed by atoms with Crippen molar-refractivity contribution in [1.82, 2.24) is 4.90 Å². The van der Waals surface area contributed by atoms with Crippen LogP contribution in [0.15, 0.2) is 12.1 Å². The van der Waals surface area contributed by atoms with Gasteiger partial charge in [0.1, 0.15) is 16.5 Å². The van der Waals surface area contributed by atoms with E-state index in [-0.39, 0.29) is 18.5 Å². The number of urea groups is 1. The summed E-state index contributed by atoms with van der Waals surface area (Å²) >= 11 is 6.10. The number of nitrogens with zero attached hydrogens (tertiary/aromatic N) is 1. The molecule has 2 unspecified atom stereocenters. The molecule has 1 aliphatic heterocycles. The van der Waals surface area contributed by atoms with Gasteiger partial charge in [0.15, 0.2) is 0 Å². The van der Waals surface area contributed by atoms with Crippen molar-refractivity contribution in [1.29, 1.82) is 0 Å². The van der Waals surface area contributed by atoms with Crippen LogP contribution in [0.5, 0.6) is 11.5 Å². The van der Waals surface area contributed by atoms with Gasteiger partial charge in [-0.1, -0.05) is 18.5 Å². The standard InChI is InChI=1S/C16H21ClN2O5/c1-9-4-10(15(20)21)8-19(7-9)16(22)18-11-5-12(23-2)14(17)13(6-11)24-3/h5-6,9-10H,4,7-8H2,1-3H3,(H,18,22)(H,20,21). The van der Waals surface area contributed by atoms with Crippen LogP contribution in [-0.4, -0.2) is 49.3 Å². The van der Waals surface area contributed by atoms with E-state index < -0.39 is 11.9 Å². The van der Waals surface area contributed by atoms with E-state index in [4.69, 9.17) is 21.1 Å². The number of carbonyl (C=O) groups is 2. The van der Waals surface area contributed by atoms with E-state index in [1.54, 1.807) is 12.1 Å². The van der Waals surface area contributed by atoms with Crippen molar-refractivity contribution in [2.75, 3.05) is 32.6 Å². The Hall–Kier alpha value is -2.15. The molecule has 8 heteroatoms. The van der Waals surface area contributed by atoms with Gasteiger partial charge >= 0.3 is 12.0 Å². The van der Waals surface area contributed by atoms with Gasteiger partial charge in [0, 0.05) is 30.9 Å². The van der Waals surface area contributed by atoms with Crippen molar-refractivity contribution in [2.24, 2.45) is 11.8 Å². The minimum Gasteiger partial charge on any atom is -0.495 e. The molecule has 1 aliphatic rings. The number of aliphatic carboxylic acids is 1. The van der Waals surface area contributed by atoms with E-state index in [1.807, 2.05) is 6.92 Å². The van der Waals surface area contributed by atoms with Crippen molar-refractivity contribution < 1.29 is 24.2 Å². The number of amides is 2. The molecular formula is C16H21ClN2O5. The molecule has 0 aromatic heterocycles. The Balaban J connectivity index is 2.15. The fourth-order valence-corrected chi connectivity index (χ4v) is 3.10. The number of piperidine rings is 1. The summed E-state index contributed by atoms with van der Waals surface area (Å²) in [5, 5.41) is 12.3. The third-order valence-electron chi connectivity index (χ3n) is 3.99. The van der Waals surface area contributed by atoms with Crippen LogP contribution in [0.4, 0.5) is 10.5 Å². The first kappa shape index (κ1) is 18.2. The van der Waals surface area contributed by atoms with Crippen LogP contribution in [0.3, 0.4) is 0 Å². The van der Waals surface area contributed by atoms with Gasteiger partial charge < -0.3 is 24.8 Å². The molecule has 1 heterocycles. The Morgan fingerprint density at radius 3 is 2.33 bits per heavy atom. The molecule has 2 atom stereocenters. The molecule has 2 rings (SSSR count). The molecule has 0 saturated carbocycles. The zero-order valence-electron chi connectivity index (χ0n) is 13.8. The number of hydrogen-bond acceptors (Lipinski definition) is 4. The maximum atomic E-state index is 12.5. The summed E-state index contributed by atoms with van der Waals surface area (Å²) in [5.41, 5.74) is 0.461. The van der Waals surface area contributed by atoms with Crippen molar-refractivity contribution in [3.63, 3.8) is 0 Å². The SMILES string of the molecule is COc1cc(NC(=O)N2CC(C)CC(C(=O)O)C2)cc(OC)c1Cl. The molecule has 2 amide bonds. The second kappa shape index (κ2) is 7.61. The van der Waals surface area contributed by atoms with Crippen LogP contribution in [0, 0.1) is 11.8 Å². The molecular weight excluding hydrogens is 336 g/mol. The first-order chi connectivity index (χ1) is 11.3. The Bertz CT molecular complexity index is 612. The highest BCUT2D eigenvalue weighted by atomic mass is 35.5. The van der Waals surface area contributed by atoms with Crippen LogP contribution in [-0.2, 0) is 4.79 Å². The van der Waals surface area contributed by atoms with Gasteiger partial charge in [0.05, 0.1) is 20.1 Å². The fourth-order valence-electron chi connectivity index (χ4n) is 2.84. The smallest absolute Gasteiger partial charge is 0.321 e. The van der Waals surface area contributed by atoms with E-state index in [1.165, 1.54) is 19.1 Å². The minimum absolute atomic E-state index is 0.125. The van der Waals surface area contributed by atoms with E-state index in [0.717, 1.165) is 0 Å². The average molecular weight is 357 g/mol. The number of likely N-dealkylation sites (tertiary alicyclic amines) is 1. The van der Waals surface area contributed by atoms with Crippen molar-refractivity contribution in [3.05, 3.63) is 17.2 Å². The van der Waals surface area contributed by atoms with Crippen LogP contribution >= 0.6 is 11.6 Å². The van der Waals surface area contributed by atoms with Gasteiger partial charge in [-0.3, -0.25) is 4.79 Å². The Kier molecular flexibility index (Phi) is 5.77. The number of rotatable bonds is 4. The normalized spacial score (nSPS) is 20.4. The van der Waals surface area contributed by atoms with Gasteiger partial charge in [0.2, 0.25) is 0 Å². The molecule has 132 valence electrons. The third-order valence-corrected chi connectivity index (χ3v) is 4.37. The lowest BCUT2D eigenvalue weighted by atomic mass is 9.91. The molecule has 24 heavy (non-hydrogen) atoms. The fraction of sp³-hybridized carbons (Fsp3) is 0.500. The van der Waals surface area contributed by atoms with Crippen molar-refractivity contribution >= 4 is 29.3 Å². The summed E-state index contributed by atoms with van der Waals surface area (Å²) in [6.07, 6.45) is 0.571. The topological polar surface area (TPSA) is 88.1 Å². The molecule has 1 fully saturated rings. The number of methoxy groups -OCH3 is 2. The van der Waals surface area contributed by atoms with Crippen LogP contribution in [0.1, 0.15) is 13.3 Å². The highest BCUT2D eigenvalue weighted by Crippen LogP contribution is 2.37. The first-order valence-electron chi connectivity index (χ1n) is 7.56. The second-order valence-corrected chi connectivity index (χ2v) is 6.28. The summed E-state index contributed by atoms with van der Waals surface area (Å²) in [6.45, 7) is 2.63. The molecule has 0 bridgehead atoms. The lowest BCUT2D eigenvalue weighted by Crippen LogP contribution is -2.47. The molecule has 1 aromatic carbocycles. The molecule has 0 spiro atoms. The maximum absolute atomic E-state index is 12.5. The van der Waals surface area contributed by atoms with Gasteiger partial charge in [-0.15, -0.1) is 0 Å². The number of ether oxygens (including phenoxy) is 2. The summed E-state index contributed by atoms with van der Waals surface area (Å²) in [7, 11) is 2.94. The predicted molar refractivity (Wildman–Crippen MR) is 90.1 cm³/mol. The van der Waals surface area contributed by atoms with Crippen LogP contribution in [0.25, 0.3) is 0 Å². The summed E-state index contributed by atoms with van der Waals surface area (Å²) in [5.74, 6) is -0.550. The first-order valence-corrected chi connectivity index (χ1v) is 7.93. The number of carboxylic acids is 1. The number of nitrogens with one attached hydrogen (secondary N) is 1. The molecule has 2 N–H and O–H groups in total. The summed E-state index contributed by atoms with van der Waals surface area (Å²) in [4.78, 5) is 25.2. The predicted octanol–water partition coefficient (Wildman–Crippen LogP) is 2.93. The molecule has 0 radical (unpaired) electrons. The van der Waals surface area contributed by atoms with Crippen molar-refractivity contribution in [3.8, 4) is 11.5 Å².